The molecule has 3 aromatic rings. The van der Waals surface area contributed by atoms with E-state index in [0.717, 1.165) is 5.56 Å². The van der Waals surface area contributed by atoms with Gasteiger partial charge in [0.2, 0.25) is 0 Å². The number of methoxy groups -OCH3 is 1. The second-order valence-corrected chi connectivity index (χ2v) is 7.01. The first kappa shape index (κ1) is 19.5. The molecule has 0 saturated heterocycles. The number of hydrogen-bond donors (Lipinski definition) is 1. The number of nitrogens with one attached hydrogen (secondary N) is 1. The van der Waals surface area contributed by atoms with E-state index < -0.39 is 6.10 Å². The van der Waals surface area contributed by atoms with E-state index >= 15 is 0 Å². The van der Waals surface area contributed by atoms with Gasteiger partial charge < -0.3 is 19.7 Å². The van der Waals surface area contributed by atoms with Crippen LogP contribution in [0.3, 0.4) is 0 Å². The molecule has 1 aliphatic heterocycles. The Kier molecular flexibility index (Phi) is 5.39. The Morgan fingerprint density at radius 1 is 1.07 bits per heavy atom. The van der Waals surface area contributed by atoms with Crippen molar-refractivity contribution in [2.45, 2.75) is 19.6 Å². The fourth-order valence-corrected chi connectivity index (χ4v) is 3.44. The maximum atomic E-state index is 12.8. The predicted molar refractivity (Wildman–Crippen MR) is 115 cm³/mol. The molecule has 1 N–H and O–H groups in total. The molecule has 30 heavy (non-hydrogen) atoms. The molecule has 6 heteroatoms. The van der Waals surface area contributed by atoms with Crippen molar-refractivity contribution in [3.05, 3.63) is 83.9 Å². The van der Waals surface area contributed by atoms with Crippen molar-refractivity contribution in [3.8, 4) is 11.5 Å². The lowest BCUT2D eigenvalue weighted by Crippen LogP contribution is -2.44. The van der Waals surface area contributed by atoms with Crippen molar-refractivity contribution in [1.29, 1.82) is 0 Å². The zero-order valence-electron chi connectivity index (χ0n) is 16.8. The first-order valence-corrected chi connectivity index (χ1v) is 9.67. The fraction of sp³-hybridized carbons (Fsp3) is 0.167. The van der Waals surface area contributed by atoms with Gasteiger partial charge in [0, 0.05) is 5.69 Å². The molecule has 1 unspecified atom stereocenters. The molecule has 0 aromatic heterocycles. The van der Waals surface area contributed by atoms with Gasteiger partial charge in [0.15, 0.2) is 6.10 Å². The molecular formula is C24H22N2O4. The summed E-state index contributed by atoms with van der Waals surface area (Å²) in [5.74, 6) is 0.678. The van der Waals surface area contributed by atoms with Gasteiger partial charge in [0.05, 0.1) is 24.9 Å². The van der Waals surface area contributed by atoms with E-state index in [9.17, 15) is 9.59 Å². The quantitative estimate of drug-likeness (QED) is 0.692. The summed E-state index contributed by atoms with van der Waals surface area (Å²) in [7, 11) is 1.52. The van der Waals surface area contributed by atoms with Crippen molar-refractivity contribution >= 4 is 23.2 Å². The third kappa shape index (κ3) is 3.85. The highest BCUT2D eigenvalue weighted by Gasteiger charge is 2.32. The topological polar surface area (TPSA) is 67.9 Å². The van der Waals surface area contributed by atoms with Crippen LogP contribution in [0.2, 0.25) is 0 Å². The fourth-order valence-electron chi connectivity index (χ4n) is 3.44. The third-order valence-electron chi connectivity index (χ3n) is 4.96. The zero-order chi connectivity index (χ0) is 21.1. The molecule has 0 fully saturated rings. The summed E-state index contributed by atoms with van der Waals surface area (Å²) in [6, 6.07) is 22.1. The zero-order valence-corrected chi connectivity index (χ0v) is 16.8. The molecule has 0 spiro atoms. The maximum absolute atomic E-state index is 12.8. The van der Waals surface area contributed by atoms with Gasteiger partial charge in [-0.15, -0.1) is 0 Å². The molecular weight excluding hydrogens is 380 g/mol. The average molecular weight is 402 g/mol. The van der Waals surface area contributed by atoms with Crippen LogP contribution >= 0.6 is 0 Å². The van der Waals surface area contributed by atoms with E-state index in [4.69, 9.17) is 9.47 Å². The molecule has 0 aliphatic carbocycles. The molecule has 1 atom stereocenters. The average Bonchev–Trinajstić information content (AvgIpc) is 2.78. The summed E-state index contributed by atoms with van der Waals surface area (Å²) in [6.45, 7) is 2.16. The number of ether oxygens (including phenoxy) is 2. The molecule has 2 amide bonds. The number of anilines is 2. The van der Waals surface area contributed by atoms with Gasteiger partial charge in [0.25, 0.3) is 11.8 Å². The third-order valence-corrected chi connectivity index (χ3v) is 4.96. The van der Waals surface area contributed by atoms with Crippen LogP contribution in [0, 0.1) is 0 Å². The second-order valence-electron chi connectivity index (χ2n) is 7.01. The Morgan fingerprint density at radius 2 is 1.80 bits per heavy atom. The summed E-state index contributed by atoms with van der Waals surface area (Å²) < 4.78 is 11.0. The van der Waals surface area contributed by atoms with Crippen molar-refractivity contribution in [2.75, 3.05) is 17.3 Å². The standard InChI is InChI=1S/C24H22N2O4/c1-16-24(28)26(15-17-8-4-3-5-9-17)20-14-18(12-13-22(20)30-16)25-23(27)19-10-6-7-11-21(19)29-2/h3-14,16H,15H2,1-2H3,(H,25,27). The van der Waals surface area contributed by atoms with Crippen molar-refractivity contribution in [1.82, 2.24) is 0 Å². The highest BCUT2D eigenvalue weighted by molar-refractivity contribution is 6.07. The molecule has 6 nitrogen and oxygen atoms in total. The highest BCUT2D eigenvalue weighted by Crippen LogP contribution is 2.37. The van der Waals surface area contributed by atoms with Crippen LogP contribution in [0.15, 0.2) is 72.8 Å². The van der Waals surface area contributed by atoms with E-state index in [1.807, 2.05) is 30.3 Å². The first-order valence-electron chi connectivity index (χ1n) is 9.67. The van der Waals surface area contributed by atoms with E-state index in [0.29, 0.717) is 35.0 Å². The Bertz CT molecular complexity index is 1080. The molecule has 0 bridgehead atoms. The van der Waals surface area contributed by atoms with Crippen molar-refractivity contribution in [3.63, 3.8) is 0 Å². The summed E-state index contributed by atoms with van der Waals surface area (Å²) in [4.78, 5) is 27.3. The largest absolute Gasteiger partial charge is 0.496 e. The van der Waals surface area contributed by atoms with Crippen LogP contribution < -0.4 is 19.7 Å². The minimum atomic E-state index is -0.574. The SMILES string of the molecule is COc1ccccc1C(=O)Nc1ccc2c(c1)N(Cc1ccccc1)C(=O)C(C)O2. The van der Waals surface area contributed by atoms with E-state index in [-0.39, 0.29) is 11.8 Å². The number of rotatable bonds is 5. The van der Waals surface area contributed by atoms with Crippen molar-refractivity contribution < 1.29 is 19.1 Å². The van der Waals surface area contributed by atoms with Crippen molar-refractivity contribution in [2.24, 2.45) is 0 Å². The lowest BCUT2D eigenvalue weighted by Gasteiger charge is -2.33. The van der Waals surface area contributed by atoms with Crippen LogP contribution in [-0.4, -0.2) is 25.0 Å². The maximum Gasteiger partial charge on any atom is 0.268 e. The van der Waals surface area contributed by atoms with E-state index in [1.165, 1.54) is 7.11 Å². The Labute approximate surface area is 175 Å². The Morgan fingerprint density at radius 3 is 2.57 bits per heavy atom. The first-order chi connectivity index (χ1) is 14.6. The monoisotopic (exact) mass is 402 g/mol. The molecule has 1 heterocycles. The van der Waals surface area contributed by atoms with Crippen LogP contribution in [0.4, 0.5) is 11.4 Å². The molecule has 0 radical (unpaired) electrons. The summed E-state index contributed by atoms with van der Waals surface area (Å²) in [5, 5.41) is 2.88. The van der Waals surface area contributed by atoms with E-state index in [2.05, 4.69) is 5.32 Å². The van der Waals surface area contributed by atoms with Gasteiger partial charge in [-0.05, 0) is 42.8 Å². The summed E-state index contributed by atoms with van der Waals surface area (Å²) in [6.07, 6.45) is -0.574. The van der Waals surface area contributed by atoms with Crippen LogP contribution in [0.1, 0.15) is 22.8 Å². The van der Waals surface area contributed by atoms with Gasteiger partial charge in [-0.25, -0.2) is 0 Å². The van der Waals surface area contributed by atoms with Gasteiger partial charge in [-0.1, -0.05) is 42.5 Å². The molecule has 1 aliphatic rings. The van der Waals surface area contributed by atoms with Gasteiger partial charge in [-0.2, -0.15) is 0 Å². The number of benzene rings is 3. The van der Waals surface area contributed by atoms with E-state index in [1.54, 1.807) is 54.3 Å². The van der Waals surface area contributed by atoms with Crippen LogP contribution in [-0.2, 0) is 11.3 Å². The molecule has 4 rings (SSSR count). The second kappa shape index (κ2) is 8.29. The number of para-hydroxylation sites is 1. The smallest absolute Gasteiger partial charge is 0.268 e. The van der Waals surface area contributed by atoms with Gasteiger partial charge in [-0.3, -0.25) is 9.59 Å². The normalized spacial score (nSPS) is 15.2. The van der Waals surface area contributed by atoms with Crippen LogP contribution in [0.25, 0.3) is 0 Å². The minimum absolute atomic E-state index is 0.125. The van der Waals surface area contributed by atoms with Crippen LogP contribution in [0.5, 0.6) is 11.5 Å². The number of hydrogen-bond acceptors (Lipinski definition) is 4. The lowest BCUT2D eigenvalue weighted by molar-refractivity contribution is -0.125. The number of carbonyl (C=O) groups is 2. The number of fused-ring (bicyclic) bond motifs is 1. The Balaban J connectivity index is 1.64. The Hall–Kier alpha value is -3.80. The van der Waals surface area contributed by atoms with Gasteiger partial charge >= 0.3 is 0 Å². The summed E-state index contributed by atoms with van der Waals surface area (Å²) in [5.41, 5.74) is 2.63. The lowest BCUT2D eigenvalue weighted by atomic mass is 10.1. The summed E-state index contributed by atoms with van der Waals surface area (Å²) >= 11 is 0. The molecule has 0 saturated carbocycles. The van der Waals surface area contributed by atoms with Gasteiger partial charge in [0.1, 0.15) is 11.5 Å². The minimum Gasteiger partial charge on any atom is -0.496 e. The number of carbonyl (C=O) groups excluding carboxylic acids is 2. The number of amides is 2. The molecule has 152 valence electrons. The highest BCUT2D eigenvalue weighted by atomic mass is 16.5. The molecule has 3 aromatic carbocycles. The number of nitrogens with zero attached hydrogens (tertiary/aromatic N) is 1. The predicted octanol–water partition coefficient (Wildman–Crippen LogP) is 4.26.